The molecule has 1 amide bonds. The van der Waals surface area contributed by atoms with Gasteiger partial charge in [-0.15, -0.1) is 0 Å². The Morgan fingerprint density at radius 2 is 1.57 bits per heavy atom. The maximum Gasteiger partial charge on any atom is 0.408 e. The van der Waals surface area contributed by atoms with Crippen molar-refractivity contribution in [3.05, 3.63) is 120 Å². The summed E-state index contributed by atoms with van der Waals surface area (Å²) in [4.78, 5) is 14.1. The molecule has 0 aromatic heterocycles. The van der Waals surface area contributed by atoms with Crippen LogP contribution in [-0.2, 0) is 9.48 Å². The summed E-state index contributed by atoms with van der Waals surface area (Å²) in [6, 6.07) is 31.7. The van der Waals surface area contributed by atoms with E-state index in [4.69, 9.17) is 4.74 Å². The average Bonchev–Trinajstić information content (AvgIpc) is 3.39. The van der Waals surface area contributed by atoms with E-state index < -0.39 is 34.6 Å². The maximum atomic E-state index is 12.7. The molecule has 1 aliphatic heterocycles. The summed E-state index contributed by atoms with van der Waals surface area (Å²) in [6.45, 7) is 6.09. The number of amides is 1. The van der Waals surface area contributed by atoms with E-state index in [0.717, 1.165) is 23.1 Å². The summed E-state index contributed by atoms with van der Waals surface area (Å²) in [5, 5.41) is 20.4. The zero-order valence-corrected chi connectivity index (χ0v) is 25.6. The molecule has 0 bridgehead atoms. The minimum Gasteiger partial charge on any atom is -0.465 e. The quantitative estimate of drug-likeness (QED) is 0.130. The molecule has 0 unspecified atom stereocenters. The van der Waals surface area contributed by atoms with Crippen LogP contribution in [0.25, 0.3) is 0 Å². The van der Waals surface area contributed by atoms with Gasteiger partial charge in [0.15, 0.2) is 0 Å². The fraction of sp³-hybridized carbons (Fsp3) is 0.371. The number of hydrogen-bond donors (Lipinski definition) is 2. The van der Waals surface area contributed by atoms with E-state index in [9.17, 15) is 15.2 Å². The zero-order valence-electron chi connectivity index (χ0n) is 24.8. The molecular formula is C35H41N3O3S. The van der Waals surface area contributed by atoms with Gasteiger partial charge in [0.25, 0.3) is 0 Å². The Morgan fingerprint density at radius 1 is 1.07 bits per heavy atom. The SMILES string of the molecule is CC=C[C@@H]1C[C@H](C#N)N(C(=O)O)[C@H]1[C@@H](NSC(c1ccccc1)(c1ccccc1)c1ccccc1)[C@](C)(CCC)OC. The van der Waals surface area contributed by atoms with Gasteiger partial charge in [0.05, 0.1) is 23.8 Å². The smallest absolute Gasteiger partial charge is 0.408 e. The second-order valence-corrected chi connectivity index (χ2v) is 12.0. The maximum absolute atomic E-state index is 12.7. The second-order valence-electron chi connectivity index (χ2n) is 11.0. The van der Waals surface area contributed by atoms with Crippen molar-refractivity contribution in [2.45, 2.75) is 68.5 Å². The molecule has 0 aliphatic carbocycles. The molecule has 1 fully saturated rings. The molecule has 3 aromatic carbocycles. The lowest BCUT2D eigenvalue weighted by Gasteiger charge is -2.46. The van der Waals surface area contributed by atoms with Crippen LogP contribution in [0.5, 0.6) is 0 Å². The van der Waals surface area contributed by atoms with Gasteiger partial charge in [-0.1, -0.05) is 128 Å². The minimum absolute atomic E-state index is 0.153. The molecule has 2 N–H and O–H groups in total. The summed E-state index contributed by atoms with van der Waals surface area (Å²) < 4.78 is 9.43. The number of carbonyl (C=O) groups is 1. The third-order valence-electron chi connectivity index (χ3n) is 8.49. The number of nitriles is 1. The number of benzene rings is 3. The first-order valence-electron chi connectivity index (χ1n) is 14.5. The number of rotatable bonds is 12. The first-order chi connectivity index (χ1) is 20.4. The summed E-state index contributed by atoms with van der Waals surface area (Å²) in [6.07, 6.45) is 4.90. The molecule has 1 saturated heterocycles. The largest absolute Gasteiger partial charge is 0.465 e. The fourth-order valence-corrected chi connectivity index (χ4v) is 7.89. The van der Waals surface area contributed by atoms with E-state index in [0.29, 0.717) is 12.8 Å². The lowest BCUT2D eigenvalue weighted by molar-refractivity contribution is -0.0482. The molecule has 1 aliphatic rings. The van der Waals surface area contributed by atoms with E-state index in [1.54, 1.807) is 19.1 Å². The number of allylic oxidation sites excluding steroid dienone is 1. The Hall–Kier alpha value is -3.57. The second kappa shape index (κ2) is 14.1. The third-order valence-corrected chi connectivity index (χ3v) is 9.88. The number of ether oxygens (including phenoxy) is 1. The molecule has 4 rings (SSSR count). The Balaban J connectivity index is 1.92. The number of hydrogen-bond acceptors (Lipinski definition) is 5. The van der Waals surface area contributed by atoms with Crippen molar-refractivity contribution < 1.29 is 14.6 Å². The normalized spacial score (nSPS) is 21.1. The standard InChI is InChI=1S/C35H41N3O3S/c1-5-16-26-24-30(25-36)38(33(39)40)31(26)32(34(3,41-4)23-6-2)37-42-35(27-17-10-7-11-18-27,28-19-12-8-13-20-28)29-21-14-9-15-22-29/h5,7-22,26,30-32,37H,6,23-24H2,1-4H3,(H,39,40)/t26-,30-,31-,32-,34+/m1/s1. The first kappa shape index (κ1) is 31.4. The third kappa shape index (κ3) is 6.12. The number of likely N-dealkylation sites (tertiary alicyclic amines) is 1. The summed E-state index contributed by atoms with van der Waals surface area (Å²) in [5.41, 5.74) is 2.55. The van der Waals surface area contributed by atoms with Crippen LogP contribution in [-0.4, -0.2) is 46.9 Å². The van der Waals surface area contributed by atoms with Crippen LogP contribution in [0.2, 0.25) is 0 Å². The zero-order chi connectivity index (χ0) is 30.2. The molecule has 3 aromatic rings. The van der Waals surface area contributed by atoms with E-state index in [-0.39, 0.29) is 5.92 Å². The topological polar surface area (TPSA) is 85.6 Å². The number of carboxylic acid groups (broad SMARTS) is 1. The van der Waals surface area contributed by atoms with Gasteiger partial charge in [0.2, 0.25) is 0 Å². The van der Waals surface area contributed by atoms with Gasteiger partial charge in [0.1, 0.15) is 10.8 Å². The highest BCUT2D eigenvalue weighted by molar-refractivity contribution is 7.98. The van der Waals surface area contributed by atoms with Crippen molar-refractivity contribution >= 4 is 18.0 Å². The predicted molar refractivity (Wildman–Crippen MR) is 170 cm³/mol. The molecule has 0 radical (unpaired) electrons. The number of nitrogens with zero attached hydrogens (tertiary/aromatic N) is 2. The lowest BCUT2D eigenvalue weighted by atomic mass is 9.81. The number of methoxy groups -OCH3 is 1. The highest BCUT2D eigenvalue weighted by Crippen LogP contribution is 2.49. The van der Waals surface area contributed by atoms with Crippen LogP contribution >= 0.6 is 11.9 Å². The molecule has 42 heavy (non-hydrogen) atoms. The highest BCUT2D eigenvalue weighted by atomic mass is 32.2. The van der Waals surface area contributed by atoms with Crippen molar-refractivity contribution in [1.82, 2.24) is 9.62 Å². The Kier molecular flexibility index (Phi) is 10.5. The molecule has 220 valence electrons. The van der Waals surface area contributed by atoms with Crippen LogP contribution in [0.3, 0.4) is 0 Å². The van der Waals surface area contributed by atoms with Crippen LogP contribution in [0.1, 0.15) is 56.7 Å². The van der Waals surface area contributed by atoms with Gasteiger partial charge in [-0.3, -0.25) is 9.62 Å². The van der Waals surface area contributed by atoms with Crippen molar-refractivity contribution in [3.8, 4) is 6.07 Å². The van der Waals surface area contributed by atoms with Crippen LogP contribution in [0, 0.1) is 17.2 Å². The molecular weight excluding hydrogens is 542 g/mol. The Bertz CT molecular complexity index is 1270. The van der Waals surface area contributed by atoms with E-state index in [1.165, 1.54) is 4.90 Å². The van der Waals surface area contributed by atoms with E-state index in [1.807, 2.05) is 73.7 Å². The summed E-state index contributed by atoms with van der Waals surface area (Å²) >= 11 is 1.58. The van der Waals surface area contributed by atoms with E-state index in [2.05, 4.69) is 61.0 Å². The van der Waals surface area contributed by atoms with Gasteiger partial charge in [0, 0.05) is 13.0 Å². The van der Waals surface area contributed by atoms with Crippen LogP contribution < -0.4 is 4.72 Å². The molecule has 0 spiro atoms. The van der Waals surface area contributed by atoms with Crippen LogP contribution in [0.4, 0.5) is 4.79 Å². The monoisotopic (exact) mass is 583 g/mol. The van der Waals surface area contributed by atoms with Gasteiger partial charge in [-0.2, -0.15) is 5.26 Å². The van der Waals surface area contributed by atoms with Crippen molar-refractivity contribution in [2.24, 2.45) is 5.92 Å². The summed E-state index contributed by atoms with van der Waals surface area (Å²) in [5.74, 6) is -0.153. The molecule has 6 nitrogen and oxygen atoms in total. The predicted octanol–water partition coefficient (Wildman–Crippen LogP) is 7.63. The molecule has 0 saturated carbocycles. The lowest BCUT2D eigenvalue weighted by Crippen LogP contribution is -2.61. The van der Waals surface area contributed by atoms with Gasteiger partial charge >= 0.3 is 6.09 Å². The minimum atomic E-state index is -1.09. The van der Waals surface area contributed by atoms with Gasteiger partial charge < -0.3 is 9.84 Å². The van der Waals surface area contributed by atoms with Crippen molar-refractivity contribution in [3.63, 3.8) is 0 Å². The van der Waals surface area contributed by atoms with Crippen LogP contribution in [0.15, 0.2) is 103 Å². The Morgan fingerprint density at radius 3 is 1.95 bits per heavy atom. The van der Waals surface area contributed by atoms with Gasteiger partial charge in [-0.05, 0) is 43.4 Å². The van der Waals surface area contributed by atoms with Gasteiger partial charge in [-0.25, -0.2) is 4.79 Å². The Labute approximate surface area is 254 Å². The van der Waals surface area contributed by atoms with Crippen molar-refractivity contribution in [1.29, 1.82) is 5.26 Å². The summed E-state index contributed by atoms with van der Waals surface area (Å²) in [7, 11) is 1.69. The molecule has 5 atom stereocenters. The fourth-order valence-electron chi connectivity index (χ4n) is 6.43. The molecule has 1 heterocycles. The average molecular weight is 584 g/mol. The molecule has 7 heteroatoms. The van der Waals surface area contributed by atoms with E-state index >= 15 is 0 Å². The van der Waals surface area contributed by atoms with Crippen molar-refractivity contribution in [2.75, 3.05) is 7.11 Å². The number of nitrogens with one attached hydrogen (secondary N) is 1. The first-order valence-corrected chi connectivity index (χ1v) is 15.4. The highest BCUT2D eigenvalue weighted by Gasteiger charge is 2.53.